The topological polar surface area (TPSA) is 75.6 Å². The number of ether oxygens (including phenoxy) is 1. The SMILES string of the molecule is CCC(CC)(CNC(=O)c1cccc(OC)c1F)C(=O)O. The Kier molecular flexibility index (Phi) is 5.69. The summed E-state index contributed by atoms with van der Waals surface area (Å²) in [5, 5.41) is 11.8. The standard InChI is InChI=1S/C15H20FNO4/c1-4-15(5-2,14(19)20)9-17-13(18)10-7-6-8-11(21-3)12(10)16/h6-8H,4-5,9H2,1-3H3,(H,17,18)(H,19,20). The number of nitrogens with one attached hydrogen (secondary N) is 1. The molecule has 0 aliphatic carbocycles. The number of benzene rings is 1. The Morgan fingerprint density at radius 3 is 2.43 bits per heavy atom. The first-order valence-corrected chi connectivity index (χ1v) is 6.76. The number of carbonyl (C=O) groups is 2. The molecule has 1 rings (SSSR count). The summed E-state index contributed by atoms with van der Waals surface area (Å²) >= 11 is 0. The molecular weight excluding hydrogens is 277 g/mol. The maximum absolute atomic E-state index is 14.0. The summed E-state index contributed by atoms with van der Waals surface area (Å²) in [6.07, 6.45) is 0.749. The van der Waals surface area contributed by atoms with Crippen LogP contribution < -0.4 is 10.1 Å². The van der Waals surface area contributed by atoms with Crippen LogP contribution in [0.4, 0.5) is 4.39 Å². The van der Waals surface area contributed by atoms with Crippen LogP contribution in [0, 0.1) is 11.2 Å². The number of rotatable bonds is 7. The lowest BCUT2D eigenvalue weighted by Gasteiger charge is -2.26. The molecule has 0 unspecified atom stereocenters. The molecule has 2 N–H and O–H groups in total. The van der Waals surface area contributed by atoms with Gasteiger partial charge in [0.2, 0.25) is 0 Å². The smallest absolute Gasteiger partial charge is 0.311 e. The minimum absolute atomic E-state index is 0.0295. The third kappa shape index (κ3) is 3.51. The molecule has 0 saturated carbocycles. The van der Waals surface area contributed by atoms with Gasteiger partial charge in [0.15, 0.2) is 11.6 Å². The van der Waals surface area contributed by atoms with Crippen LogP contribution in [-0.2, 0) is 4.79 Å². The first kappa shape index (κ1) is 16.9. The Morgan fingerprint density at radius 2 is 1.95 bits per heavy atom. The lowest BCUT2D eigenvalue weighted by molar-refractivity contribution is -0.149. The molecule has 1 aromatic carbocycles. The van der Waals surface area contributed by atoms with Crippen molar-refractivity contribution in [2.75, 3.05) is 13.7 Å². The van der Waals surface area contributed by atoms with E-state index in [1.165, 1.54) is 25.3 Å². The molecule has 21 heavy (non-hydrogen) atoms. The molecule has 6 heteroatoms. The quantitative estimate of drug-likeness (QED) is 0.810. The molecule has 0 heterocycles. The van der Waals surface area contributed by atoms with E-state index in [9.17, 15) is 19.1 Å². The third-order valence-electron chi connectivity index (χ3n) is 3.82. The average molecular weight is 297 g/mol. The van der Waals surface area contributed by atoms with Gasteiger partial charge in [-0.25, -0.2) is 4.39 Å². The van der Waals surface area contributed by atoms with Gasteiger partial charge in [-0.15, -0.1) is 0 Å². The molecule has 1 aromatic rings. The van der Waals surface area contributed by atoms with E-state index in [0.717, 1.165) is 0 Å². The van der Waals surface area contributed by atoms with E-state index in [-0.39, 0.29) is 17.9 Å². The highest BCUT2D eigenvalue weighted by Crippen LogP contribution is 2.26. The lowest BCUT2D eigenvalue weighted by atomic mass is 9.82. The Hall–Kier alpha value is -2.11. The molecule has 0 radical (unpaired) electrons. The molecule has 5 nitrogen and oxygen atoms in total. The van der Waals surface area contributed by atoms with E-state index >= 15 is 0 Å². The van der Waals surface area contributed by atoms with Crippen molar-refractivity contribution < 1.29 is 23.8 Å². The van der Waals surface area contributed by atoms with Crippen LogP contribution in [0.5, 0.6) is 5.75 Å². The van der Waals surface area contributed by atoms with Gasteiger partial charge in [0.1, 0.15) is 0 Å². The summed E-state index contributed by atoms with van der Waals surface area (Å²) in [7, 11) is 1.31. The van der Waals surface area contributed by atoms with Crippen LogP contribution in [0.15, 0.2) is 18.2 Å². The number of carboxylic acids is 1. The van der Waals surface area contributed by atoms with Crippen molar-refractivity contribution in [2.45, 2.75) is 26.7 Å². The Labute approximate surface area is 123 Å². The average Bonchev–Trinajstić information content (AvgIpc) is 2.48. The summed E-state index contributed by atoms with van der Waals surface area (Å²) in [6, 6.07) is 4.24. The molecule has 0 fully saturated rings. The molecule has 0 saturated heterocycles. The fraction of sp³-hybridized carbons (Fsp3) is 0.467. The molecule has 1 amide bonds. The molecular formula is C15H20FNO4. The first-order chi connectivity index (χ1) is 9.91. The molecule has 0 aromatic heterocycles. The number of carbonyl (C=O) groups excluding carboxylic acids is 1. The van der Waals surface area contributed by atoms with Crippen LogP contribution in [0.1, 0.15) is 37.0 Å². The summed E-state index contributed by atoms with van der Waals surface area (Å²) in [5.41, 5.74) is -1.20. The van der Waals surface area contributed by atoms with E-state index < -0.39 is 23.1 Å². The fourth-order valence-electron chi connectivity index (χ4n) is 2.07. The van der Waals surface area contributed by atoms with Gasteiger partial charge in [-0.05, 0) is 25.0 Å². The van der Waals surface area contributed by atoms with Gasteiger partial charge < -0.3 is 15.2 Å². The van der Waals surface area contributed by atoms with Crippen LogP contribution in [0.2, 0.25) is 0 Å². The van der Waals surface area contributed by atoms with Crippen molar-refractivity contribution in [3.63, 3.8) is 0 Å². The summed E-state index contributed by atoms with van der Waals surface area (Å²) in [5.74, 6) is -2.41. The zero-order valence-electron chi connectivity index (χ0n) is 12.4. The second-order valence-corrected chi connectivity index (χ2v) is 4.80. The number of hydrogen-bond donors (Lipinski definition) is 2. The largest absolute Gasteiger partial charge is 0.494 e. The minimum Gasteiger partial charge on any atom is -0.494 e. The number of halogens is 1. The Morgan fingerprint density at radius 1 is 1.33 bits per heavy atom. The highest BCUT2D eigenvalue weighted by Gasteiger charge is 2.35. The van der Waals surface area contributed by atoms with Gasteiger partial charge in [0.05, 0.1) is 18.1 Å². The molecule has 0 bridgehead atoms. The predicted molar refractivity (Wildman–Crippen MR) is 75.9 cm³/mol. The summed E-state index contributed by atoms with van der Waals surface area (Å²) in [6.45, 7) is 3.44. The number of amides is 1. The zero-order chi connectivity index (χ0) is 16.0. The molecule has 0 atom stereocenters. The lowest BCUT2D eigenvalue weighted by Crippen LogP contribution is -2.42. The van der Waals surface area contributed by atoms with Crippen molar-refractivity contribution in [3.8, 4) is 5.75 Å². The summed E-state index contributed by atoms with van der Waals surface area (Å²) in [4.78, 5) is 23.4. The van der Waals surface area contributed by atoms with E-state index in [0.29, 0.717) is 12.8 Å². The maximum atomic E-state index is 14.0. The second-order valence-electron chi connectivity index (χ2n) is 4.80. The van der Waals surface area contributed by atoms with Crippen LogP contribution in [0.25, 0.3) is 0 Å². The van der Waals surface area contributed by atoms with Gasteiger partial charge in [-0.2, -0.15) is 0 Å². The van der Waals surface area contributed by atoms with Gasteiger partial charge in [0, 0.05) is 6.54 Å². The Bertz CT molecular complexity index is 526. The Balaban J connectivity index is 2.90. The van der Waals surface area contributed by atoms with Crippen molar-refractivity contribution in [3.05, 3.63) is 29.6 Å². The summed E-state index contributed by atoms with van der Waals surface area (Å²) < 4.78 is 18.8. The highest BCUT2D eigenvalue weighted by molar-refractivity contribution is 5.95. The van der Waals surface area contributed by atoms with Gasteiger partial charge in [0.25, 0.3) is 5.91 Å². The van der Waals surface area contributed by atoms with Gasteiger partial charge in [-0.1, -0.05) is 19.9 Å². The van der Waals surface area contributed by atoms with Crippen LogP contribution >= 0.6 is 0 Å². The van der Waals surface area contributed by atoms with Crippen molar-refractivity contribution in [1.29, 1.82) is 0 Å². The third-order valence-corrected chi connectivity index (χ3v) is 3.82. The fourth-order valence-corrected chi connectivity index (χ4v) is 2.07. The van der Waals surface area contributed by atoms with Crippen LogP contribution in [0.3, 0.4) is 0 Å². The first-order valence-electron chi connectivity index (χ1n) is 6.76. The zero-order valence-corrected chi connectivity index (χ0v) is 12.4. The van der Waals surface area contributed by atoms with E-state index in [1.54, 1.807) is 13.8 Å². The molecule has 0 aliphatic heterocycles. The van der Waals surface area contributed by atoms with Crippen molar-refractivity contribution in [1.82, 2.24) is 5.32 Å². The van der Waals surface area contributed by atoms with Crippen molar-refractivity contribution in [2.24, 2.45) is 5.41 Å². The molecule has 0 spiro atoms. The number of aliphatic carboxylic acids is 1. The number of methoxy groups -OCH3 is 1. The van der Waals surface area contributed by atoms with E-state index in [1.807, 2.05) is 0 Å². The van der Waals surface area contributed by atoms with Gasteiger partial charge in [-0.3, -0.25) is 9.59 Å². The van der Waals surface area contributed by atoms with Gasteiger partial charge >= 0.3 is 5.97 Å². The van der Waals surface area contributed by atoms with Crippen LogP contribution in [-0.4, -0.2) is 30.6 Å². The van der Waals surface area contributed by atoms with E-state index in [2.05, 4.69) is 5.32 Å². The normalized spacial score (nSPS) is 11.0. The van der Waals surface area contributed by atoms with Crippen molar-refractivity contribution >= 4 is 11.9 Å². The predicted octanol–water partition coefficient (Wildman–Crippen LogP) is 2.46. The van der Waals surface area contributed by atoms with E-state index in [4.69, 9.17) is 4.74 Å². The maximum Gasteiger partial charge on any atom is 0.311 e. The number of hydrogen-bond acceptors (Lipinski definition) is 3. The second kappa shape index (κ2) is 7.06. The highest BCUT2D eigenvalue weighted by atomic mass is 19.1. The molecule has 0 aliphatic rings. The molecule has 116 valence electrons. The minimum atomic E-state index is -1.04. The monoisotopic (exact) mass is 297 g/mol. The number of carboxylic acid groups (broad SMARTS) is 1.